The highest BCUT2D eigenvalue weighted by molar-refractivity contribution is 5.96. The molecule has 1 aromatic heterocycles. The lowest BCUT2D eigenvalue weighted by atomic mass is 10.2. The summed E-state index contributed by atoms with van der Waals surface area (Å²) in [6.45, 7) is 3.73. The van der Waals surface area contributed by atoms with Gasteiger partial charge in [-0.25, -0.2) is 4.39 Å². The summed E-state index contributed by atoms with van der Waals surface area (Å²) >= 11 is 0. The Kier molecular flexibility index (Phi) is 3.08. The molecule has 0 unspecified atom stereocenters. The maximum atomic E-state index is 13.9. The van der Waals surface area contributed by atoms with Gasteiger partial charge < -0.3 is 9.88 Å². The van der Waals surface area contributed by atoms with Crippen molar-refractivity contribution in [3.8, 4) is 5.69 Å². The van der Waals surface area contributed by atoms with Gasteiger partial charge in [0.2, 0.25) is 0 Å². The summed E-state index contributed by atoms with van der Waals surface area (Å²) in [6, 6.07) is 8.74. The van der Waals surface area contributed by atoms with Gasteiger partial charge in [-0.15, -0.1) is 0 Å². The van der Waals surface area contributed by atoms with E-state index < -0.39 is 0 Å². The highest BCUT2D eigenvalue weighted by Crippen LogP contribution is 2.24. The summed E-state index contributed by atoms with van der Waals surface area (Å²) in [5, 5.41) is 2.97. The van der Waals surface area contributed by atoms with Gasteiger partial charge in [-0.3, -0.25) is 4.79 Å². The number of carbonyl (C=O) groups excluding carboxylic acids is 1. The third-order valence-corrected chi connectivity index (χ3v) is 3.68. The molecule has 1 aromatic carbocycles. The highest BCUT2D eigenvalue weighted by Gasteiger charge is 2.26. The quantitative estimate of drug-likeness (QED) is 0.915. The zero-order valence-corrected chi connectivity index (χ0v) is 11.6. The maximum Gasteiger partial charge on any atom is 0.253 e. The average Bonchev–Trinajstić information content (AvgIpc) is 3.17. The monoisotopic (exact) mass is 272 g/mol. The number of aromatic nitrogens is 1. The van der Waals surface area contributed by atoms with Crippen molar-refractivity contribution >= 4 is 5.91 Å². The largest absolute Gasteiger partial charge is 0.349 e. The number of halogens is 1. The van der Waals surface area contributed by atoms with Gasteiger partial charge >= 0.3 is 0 Å². The number of hydrogen-bond donors (Lipinski definition) is 1. The van der Waals surface area contributed by atoms with Crippen LogP contribution in [0.4, 0.5) is 4.39 Å². The smallest absolute Gasteiger partial charge is 0.253 e. The number of amides is 1. The number of nitrogens with zero attached hydrogens (tertiary/aromatic N) is 1. The lowest BCUT2D eigenvalue weighted by molar-refractivity contribution is 0.0950. The second-order valence-corrected chi connectivity index (χ2v) is 5.32. The summed E-state index contributed by atoms with van der Waals surface area (Å²) in [5.41, 5.74) is 2.73. The lowest BCUT2D eigenvalue weighted by Gasteiger charge is -2.11. The number of hydrogen-bond acceptors (Lipinski definition) is 1. The first-order chi connectivity index (χ1) is 9.58. The lowest BCUT2D eigenvalue weighted by Crippen LogP contribution is -2.25. The summed E-state index contributed by atoms with van der Waals surface area (Å²) < 4.78 is 15.7. The molecule has 0 spiro atoms. The van der Waals surface area contributed by atoms with E-state index in [-0.39, 0.29) is 11.7 Å². The third-order valence-electron chi connectivity index (χ3n) is 3.68. The third kappa shape index (κ3) is 2.22. The Bertz CT molecular complexity index is 671. The molecule has 1 heterocycles. The van der Waals surface area contributed by atoms with Gasteiger partial charge in [0, 0.05) is 17.4 Å². The molecule has 2 aromatic rings. The number of rotatable bonds is 3. The SMILES string of the molecule is Cc1cc(C(=O)NC2CC2)c(C)n1-c1ccccc1F. The van der Waals surface area contributed by atoms with Gasteiger partial charge in [0.25, 0.3) is 5.91 Å². The van der Waals surface area contributed by atoms with Crippen LogP contribution in [0, 0.1) is 19.7 Å². The topological polar surface area (TPSA) is 34.0 Å². The molecule has 104 valence electrons. The van der Waals surface area contributed by atoms with Crippen LogP contribution >= 0.6 is 0 Å². The molecule has 3 nitrogen and oxygen atoms in total. The molecular weight excluding hydrogens is 255 g/mol. The Balaban J connectivity index is 2.02. The second-order valence-electron chi connectivity index (χ2n) is 5.32. The summed E-state index contributed by atoms with van der Waals surface area (Å²) in [4.78, 5) is 12.2. The molecule has 0 bridgehead atoms. The molecule has 1 fully saturated rings. The molecule has 3 rings (SSSR count). The van der Waals surface area contributed by atoms with Crippen LogP contribution in [0.5, 0.6) is 0 Å². The maximum absolute atomic E-state index is 13.9. The van der Waals surface area contributed by atoms with E-state index in [2.05, 4.69) is 5.32 Å². The molecule has 1 aliphatic rings. The van der Waals surface area contributed by atoms with Crippen LogP contribution in [-0.2, 0) is 0 Å². The van der Waals surface area contributed by atoms with Crippen LogP contribution in [-0.4, -0.2) is 16.5 Å². The van der Waals surface area contributed by atoms with Crippen molar-refractivity contribution in [3.05, 3.63) is 53.1 Å². The number of benzene rings is 1. The molecule has 0 saturated heterocycles. The van der Waals surface area contributed by atoms with E-state index in [1.807, 2.05) is 19.9 Å². The standard InChI is InChI=1S/C16H17FN2O/c1-10-9-13(16(20)18-12-7-8-12)11(2)19(10)15-6-4-3-5-14(15)17/h3-6,9,12H,7-8H2,1-2H3,(H,18,20). The molecule has 1 aliphatic carbocycles. The zero-order valence-electron chi connectivity index (χ0n) is 11.6. The van der Waals surface area contributed by atoms with Gasteiger partial charge in [0.1, 0.15) is 5.82 Å². The van der Waals surface area contributed by atoms with Gasteiger partial charge in [0.05, 0.1) is 11.3 Å². The van der Waals surface area contributed by atoms with Crippen molar-refractivity contribution in [2.24, 2.45) is 0 Å². The number of nitrogens with one attached hydrogen (secondary N) is 1. The van der Waals surface area contributed by atoms with Crippen molar-refractivity contribution in [1.82, 2.24) is 9.88 Å². The Hall–Kier alpha value is -2.10. The van der Waals surface area contributed by atoms with Crippen molar-refractivity contribution in [2.45, 2.75) is 32.7 Å². The minimum Gasteiger partial charge on any atom is -0.349 e. The Morgan fingerprint density at radius 3 is 2.65 bits per heavy atom. The van der Waals surface area contributed by atoms with Crippen molar-refractivity contribution in [1.29, 1.82) is 0 Å². The van der Waals surface area contributed by atoms with Crippen LogP contribution in [0.3, 0.4) is 0 Å². The van der Waals surface area contributed by atoms with E-state index in [1.54, 1.807) is 22.8 Å². The van der Waals surface area contributed by atoms with Crippen LogP contribution in [0.1, 0.15) is 34.6 Å². The van der Waals surface area contributed by atoms with E-state index in [0.717, 1.165) is 24.2 Å². The van der Waals surface area contributed by atoms with Crippen LogP contribution in [0.2, 0.25) is 0 Å². The highest BCUT2D eigenvalue weighted by atomic mass is 19.1. The molecule has 0 atom stereocenters. The number of carbonyl (C=O) groups is 1. The Labute approximate surface area is 117 Å². The summed E-state index contributed by atoms with van der Waals surface area (Å²) in [5.74, 6) is -0.355. The number of aryl methyl sites for hydroxylation is 1. The van der Waals surface area contributed by atoms with E-state index in [0.29, 0.717) is 17.3 Å². The van der Waals surface area contributed by atoms with Crippen LogP contribution in [0.15, 0.2) is 30.3 Å². The number of para-hydroxylation sites is 1. The van der Waals surface area contributed by atoms with Crippen LogP contribution in [0.25, 0.3) is 5.69 Å². The fourth-order valence-corrected chi connectivity index (χ4v) is 2.49. The van der Waals surface area contributed by atoms with Crippen LogP contribution < -0.4 is 5.32 Å². The van der Waals surface area contributed by atoms with Gasteiger partial charge in [-0.2, -0.15) is 0 Å². The molecule has 4 heteroatoms. The molecule has 0 aliphatic heterocycles. The first kappa shape index (κ1) is 12.9. The molecule has 1 amide bonds. The van der Waals surface area contributed by atoms with Gasteiger partial charge in [0.15, 0.2) is 0 Å². The molecule has 1 N–H and O–H groups in total. The van der Waals surface area contributed by atoms with Gasteiger partial charge in [-0.1, -0.05) is 12.1 Å². The molecule has 0 radical (unpaired) electrons. The molecule has 20 heavy (non-hydrogen) atoms. The van der Waals surface area contributed by atoms with E-state index >= 15 is 0 Å². The van der Waals surface area contributed by atoms with Crippen molar-refractivity contribution in [3.63, 3.8) is 0 Å². The minimum absolute atomic E-state index is 0.0665. The van der Waals surface area contributed by atoms with E-state index in [4.69, 9.17) is 0 Å². The Morgan fingerprint density at radius 2 is 2.00 bits per heavy atom. The fraction of sp³-hybridized carbons (Fsp3) is 0.312. The Morgan fingerprint density at radius 1 is 1.30 bits per heavy atom. The van der Waals surface area contributed by atoms with Crippen molar-refractivity contribution in [2.75, 3.05) is 0 Å². The zero-order chi connectivity index (χ0) is 14.3. The average molecular weight is 272 g/mol. The summed E-state index contributed by atoms with van der Waals surface area (Å²) in [7, 11) is 0. The van der Waals surface area contributed by atoms with E-state index in [1.165, 1.54) is 6.07 Å². The minimum atomic E-state index is -0.288. The summed E-state index contributed by atoms with van der Waals surface area (Å²) in [6.07, 6.45) is 2.11. The predicted molar refractivity (Wildman–Crippen MR) is 75.7 cm³/mol. The normalized spacial score (nSPS) is 14.3. The fourth-order valence-electron chi connectivity index (χ4n) is 2.49. The molecular formula is C16H17FN2O. The first-order valence-corrected chi connectivity index (χ1v) is 6.82. The first-order valence-electron chi connectivity index (χ1n) is 6.82. The van der Waals surface area contributed by atoms with Gasteiger partial charge in [-0.05, 0) is 44.9 Å². The second kappa shape index (κ2) is 4.78. The van der Waals surface area contributed by atoms with E-state index in [9.17, 15) is 9.18 Å². The predicted octanol–water partition coefficient (Wildman–Crippen LogP) is 3.13. The van der Waals surface area contributed by atoms with Crippen molar-refractivity contribution < 1.29 is 9.18 Å². The molecule has 1 saturated carbocycles.